The van der Waals surface area contributed by atoms with Gasteiger partial charge in [0.2, 0.25) is 0 Å². The number of aromatic nitrogens is 1. The maximum Gasteiger partial charge on any atom is 0.0641 e. The second kappa shape index (κ2) is 3.22. The van der Waals surface area contributed by atoms with Gasteiger partial charge in [0.1, 0.15) is 0 Å². The minimum atomic E-state index is -0.147. The first-order valence-electron chi connectivity index (χ1n) is 3.51. The third-order valence-corrected chi connectivity index (χ3v) is 1.70. The number of aromatic amines is 1. The molecule has 58 valence electrons. The van der Waals surface area contributed by atoms with Crippen LogP contribution in [0, 0.1) is 18.3 Å². The van der Waals surface area contributed by atoms with Gasteiger partial charge in [-0.2, -0.15) is 5.26 Å². The Labute approximate surface area is 65.8 Å². The summed E-state index contributed by atoms with van der Waals surface area (Å²) in [6, 6.07) is 1.90. The van der Waals surface area contributed by atoms with Crippen LogP contribution in [0.2, 0.25) is 0 Å². The van der Waals surface area contributed by atoms with E-state index in [1.54, 1.807) is 0 Å². The van der Waals surface area contributed by atoms with E-state index < -0.39 is 0 Å². The van der Waals surface area contributed by atoms with Gasteiger partial charge >= 0.3 is 0 Å². The van der Waals surface area contributed by atoms with E-state index in [-0.39, 0.29) is 6.04 Å². The Morgan fingerprint density at radius 1 is 1.73 bits per heavy atom. The van der Waals surface area contributed by atoms with Crippen LogP contribution in [0.5, 0.6) is 0 Å². The highest BCUT2D eigenvalue weighted by molar-refractivity contribution is 5.25. The Hall–Kier alpha value is -1.27. The van der Waals surface area contributed by atoms with Crippen LogP contribution in [0.4, 0.5) is 0 Å². The molecule has 1 aromatic heterocycles. The molecule has 11 heavy (non-hydrogen) atoms. The molecule has 0 bridgehead atoms. The van der Waals surface area contributed by atoms with Gasteiger partial charge in [0.25, 0.3) is 0 Å². The van der Waals surface area contributed by atoms with E-state index in [1.807, 2.05) is 25.4 Å². The molecule has 0 saturated heterocycles. The van der Waals surface area contributed by atoms with E-state index in [4.69, 9.17) is 11.0 Å². The number of hydrogen-bond donors (Lipinski definition) is 2. The molecule has 0 aliphatic heterocycles. The summed E-state index contributed by atoms with van der Waals surface area (Å²) in [5.41, 5.74) is 7.86. The first-order valence-corrected chi connectivity index (χ1v) is 3.51. The van der Waals surface area contributed by atoms with E-state index in [0.29, 0.717) is 6.42 Å². The number of H-pyrrole nitrogens is 1. The summed E-state index contributed by atoms with van der Waals surface area (Å²) in [4.78, 5) is 2.95. The van der Waals surface area contributed by atoms with E-state index >= 15 is 0 Å². The smallest absolute Gasteiger partial charge is 0.0641 e. The van der Waals surface area contributed by atoms with Crippen LogP contribution in [-0.4, -0.2) is 4.98 Å². The summed E-state index contributed by atoms with van der Waals surface area (Å²) in [6.07, 6.45) is 4.10. The molecular weight excluding hydrogens is 138 g/mol. The highest BCUT2D eigenvalue weighted by atomic mass is 14.7. The van der Waals surface area contributed by atoms with Crippen LogP contribution in [0.25, 0.3) is 0 Å². The predicted octanol–water partition coefficient (Wildman–Crippen LogP) is 1.24. The van der Waals surface area contributed by atoms with Crippen molar-refractivity contribution in [1.29, 1.82) is 5.26 Å². The molecule has 0 spiro atoms. The number of nitrogens with two attached hydrogens (primary N) is 1. The van der Waals surface area contributed by atoms with Crippen molar-refractivity contribution in [3.8, 4) is 6.07 Å². The highest BCUT2D eigenvalue weighted by Crippen LogP contribution is 2.16. The van der Waals surface area contributed by atoms with E-state index in [1.165, 1.54) is 0 Å². The van der Waals surface area contributed by atoms with E-state index in [2.05, 4.69) is 4.98 Å². The normalized spacial score (nSPS) is 12.5. The fourth-order valence-electron chi connectivity index (χ4n) is 1.06. The molecule has 0 aliphatic carbocycles. The summed E-state index contributed by atoms with van der Waals surface area (Å²) in [5.74, 6) is 0. The number of aryl methyl sites for hydroxylation is 1. The van der Waals surface area contributed by atoms with Crippen LogP contribution in [0.3, 0.4) is 0 Å². The van der Waals surface area contributed by atoms with Gasteiger partial charge in [0.05, 0.1) is 12.5 Å². The van der Waals surface area contributed by atoms with Crippen LogP contribution in [-0.2, 0) is 0 Å². The number of hydrogen-bond acceptors (Lipinski definition) is 2. The monoisotopic (exact) mass is 149 g/mol. The zero-order chi connectivity index (χ0) is 8.27. The lowest BCUT2D eigenvalue weighted by Crippen LogP contribution is -2.09. The third-order valence-electron chi connectivity index (χ3n) is 1.70. The second-order valence-corrected chi connectivity index (χ2v) is 2.56. The van der Waals surface area contributed by atoms with E-state index in [0.717, 1.165) is 11.1 Å². The fourth-order valence-corrected chi connectivity index (χ4v) is 1.06. The SMILES string of the molecule is Cc1c[nH]cc1[C@H](N)CC#N. The van der Waals surface area contributed by atoms with Crippen molar-refractivity contribution in [3.05, 3.63) is 23.5 Å². The Morgan fingerprint density at radius 3 is 2.91 bits per heavy atom. The van der Waals surface area contributed by atoms with Gasteiger partial charge < -0.3 is 10.7 Å². The third kappa shape index (κ3) is 1.60. The molecule has 1 heterocycles. The van der Waals surface area contributed by atoms with Crippen LogP contribution < -0.4 is 5.73 Å². The minimum Gasteiger partial charge on any atom is -0.367 e. The summed E-state index contributed by atoms with van der Waals surface area (Å²) in [5, 5.41) is 8.39. The summed E-state index contributed by atoms with van der Waals surface area (Å²) < 4.78 is 0. The lowest BCUT2D eigenvalue weighted by Gasteiger charge is -2.04. The maximum atomic E-state index is 8.39. The van der Waals surface area contributed by atoms with Gasteiger partial charge in [0, 0.05) is 18.4 Å². The van der Waals surface area contributed by atoms with E-state index in [9.17, 15) is 0 Å². The second-order valence-electron chi connectivity index (χ2n) is 2.56. The van der Waals surface area contributed by atoms with Crippen molar-refractivity contribution >= 4 is 0 Å². The van der Waals surface area contributed by atoms with Gasteiger partial charge in [-0.1, -0.05) is 0 Å². The topological polar surface area (TPSA) is 65.6 Å². The molecular formula is C8H11N3. The Bertz CT molecular complexity index is 269. The maximum absolute atomic E-state index is 8.39. The van der Waals surface area contributed by atoms with Crippen LogP contribution in [0.1, 0.15) is 23.6 Å². The van der Waals surface area contributed by atoms with Gasteiger partial charge in [0.15, 0.2) is 0 Å². The zero-order valence-electron chi connectivity index (χ0n) is 6.46. The average molecular weight is 149 g/mol. The van der Waals surface area contributed by atoms with Crippen molar-refractivity contribution in [1.82, 2.24) is 4.98 Å². The highest BCUT2D eigenvalue weighted by Gasteiger charge is 2.07. The first kappa shape index (κ1) is 7.83. The van der Waals surface area contributed by atoms with Gasteiger partial charge in [-0.25, -0.2) is 0 Å². The van der Waals surface area contributed by atoms with Crippen molar-refractivity contribution < 1.29 is 0 Å². The molecule has 0 radical (unpaired) electrons. The number of nitriles is 1. The molecule has 0 aliphatic rings. The van der Waals surface area contributed by atoms with Gasteiger partial charge in [-0.3, -0.25) is 0 Å². The van der Waals surface area contributed by atoms with Crippen LogP contribution in [0.15, 0.2) is 12.4 Å². The molecule has 1 rings (SSSR count). The summed E-state index contributed by atoms with van der Waals surface area (Å²) in [7, 11) is 0. The Morgan fingerprint density at radius 2 is 2.45 bits per heavy atom. The predicted molar refractivity (Wildman–Crippen MR) is 42.7 cm³/mol. The summed E-state index contributed by atoms with van der Waals surface area (Å²) >= 11 is 0. The number of nitrogens with zero attached hydrogens (tertiary/aromatic N) is 1. The first-order chi connectivity index (χ1) is 5.25. The molecule has 1 atom stereocenters. The standard InChI is InChI=1S/C8H11N3/c1-6-4-11-5-7(6)8(10)2-3-9/h4-5,8,11H,2,10H2,1H3/t8-/m1/s1. The largest absolute Gasteiger partial charge is 0.367 e. The Kier molecular flexibility index (Phi) is 2.29. The van der Waals surface area contributed by atoms with Crippen molar-refractivity contribution in [2.24, 2.45) is 5.73 Å². The number of rotatable bonds is 2. The average Bonchev–Trinajstić information content (AvgIpc) is 2.36. The molecule has 0 saturated carbocycles. The quantitative estimate of drug-likeness (QED) is 0.664. The van der Waals surface area contributed by atoms with Crippen molar-refractivity contribution in [2.75, 3.05) is 0 Å². The van der Waals surface area contributed by atoms with Crippen molar-refractivity contribution in [2.45, 2.75) is 19.4 Å². The molecule has 0 fully saturated rings. The molecule has 3 heteroatoms. The summed E-state index contributed by atoms with van der Waals surface area (Å²) in [6.45, 7) is 1.98. The zero-order valence-corrected chi connectivity index (χ0v) is 6.46. The molecule has 0 unspecified atom stereocenters. The van der Waals surface area contributed by atoms with Gasteiger partial charge in [-0.15, -0.1) is 0 Å². The lowest BCUT2D eigenvalue weighted by molar-refractivity contribution is 0.745. The fraction of sp³-hybridized carbons (Fsp3) is 0.375. The van der Waals surface area contributed by atoms with Gasteiger partial charge in [-0.05, 0) is 18.1 Å². The Balaban J connectivity index is 2.77. The molecule has 1 aromatic rings. The molecule has 3 nitrogen and oxygen atoms in total. The number of nitrogens with one attached hydrogen (secondary N) is 1. The molecule has 0 amide bonds. The lowest BCUT2D eigenvalue weighted by atomic mass is 10.1. The van der Waals surface area contributed by atoms with Crippen LogP contribution >= 0.6 is 0 Å². The molecule has 0 aromatic carbocycles. The molecule has 3 N–H and O–H groups in total. The van der Waals surface area contributed by atoms with Crippen molar-refractivity contribution in [3.63, 3.8) is 0 Å². The minimum absolute atomic E-state index is 0.147.